The Labute approximate surface area is 198 Å². The van der Waals surface area contributed by atoms with E-state index in [9.17, 15) is 4.79 Å². The Hall–Kier alpha value is -3.07. The molecule has 2 aromatic heterocycles. The molecule has 1 fully saturated rings. The van der Waals surface area contributed by atoms with E-state index in [0.29, 0.717) is 29.1 Å². The van der Waals surface area contributed by atoms with Gasteiger partial charge in [0.2, 0.25) is 5.91 Å². The van der Waals surface area contributed by atoms with Crippen LogP contribution in [-0.2, 0) is 4.79 Å². The average molecular weight is 466 g/mol. The second-order valence-corrected chi connectivity index (χ2v) is 9.44. The number of rotatable bonds is 11. The molecule has 0 bridgehead atoms. The van der Waals surface area contributed by atoms with Crippen LogP contribution in [0.1, 0.15) is 45.2 Å². The number of aromatic amines is 1. The van der Waals surface area contributed by atoms with Crippen molar-refractivity contribution < 1.29 is 4.79 Å². The highest BCUT2D eigenvalue weighted by Gasteiger charge is 2.29. The molecule has 1 aliphatic carbocycles. The van der Waals surface area contributed by atoms with Gasteiger partial charge >= 0.3 is 0 Å². The van der Waals surface area contributed by atoms with Crippen molar-refractivity contribution in [1.29, 1.82) is 0 Å². The molecule has 1 unspecified atom stereocenters. The largest absolute Gasteiger partial charge is 0.370 e. The number of nitrogens with zero attached hydrogens (tertiary/aromatic N) is 3. The summed E-state index contributed by atoms with van der Waals surface area (Å²) in [6.45, 7) is 6.96. The molecule has 4 N–H and O–H groups in total. The van der Waals surface area contributed by atoms with Crippen molar-refractivity contribution in [2.75, 3.05) is 22.5 Å². The third-order valence-corrected chi connectivity index (χ3v) is 6.57. The molecule has 3 aromatic rings. The molecule has 8 nitrogen and oxygen atoms in total. The van der Waals surface area contributed by atoms with Crippen molar-refractivity contribution in [2.24, 2.45) is 11.8 Å². The van der Waals surface area contributed by atoms with Crippen molar-refractivity contribution in [1.82, 2.24) is 20.2 Å². The van der Waals surface area contributed by atoms with Gasteiger partial charge in [-0.3, -0.25) is 9.89 Å². The molecule has 2 heterocycles. The zero-order valence-electron chi connectivity index (χ0n) is 19.3. The zero-order chi connectivity index (χ0) is 23.2. The van der Waals surface area contributed by atoms with Crippen LogP contribution in [0.25, 0.3) is 0 Å². The Balaban J connectivity index is 1.50. The Kier molecular flexibility index (Phi) is 7.49. The monoisotopic (exact) mass is 465 g/mol. The molecular weight excluding hydrogens is 434 g/mol. The average Bonchev–Trinajstić information content (AvgIpc) is 3.57. The van der Waals surface area contributed by atoms with Crippen LogP contribution in [0.5, 0.6) is 0 Å². The van der Waals surface area contributed by atoms with Crippen LogP contribution in [0.4, 0.5) is 23.1 Å². The lowest BCUT2D eigenvalue weighted by Crippen LogP contribution is -2.16. The van der Waals surface area contributed by atoms with Crippen LogP contribution in [0.15, 0.2) is 46.5 Å². The molecule has 0 aliphatic heterocycles. The van der Waals surface area contributed by atoms with Crippen LogP contribution in [0, 0.1) is 18.8 Å². The summed E-state index contributed by atoms with van der Waals surface area (Å²) in [7, 11) is 0. The summed E-state index contributed by atoms with van der Waals surface area (Å²) in [5.41, 5.74) is 1.76. The van der Waals surface area contributed by atoms with Gasteiger partial charge in [-0.1, -0.05) is 20.3 Å². The molecule has 4 rings (SSSR count). The Morgan fingerprint density at radius 3 is 2.52 bits per heavy atom. The quantitative estimate of drug-likeness (QED) is 0.273. The SMILES string of the molecule is CCC(=O)Nc1ccc(Sc2nc(NCC(CC)C3CC3)cc(Nc3cc(C)[nH]n3)n2)cc1. The molecule has 33 heavy (non-hydrogen) atoms. The van der Waals surface area contributed by atoms with Crippen LogP contribution < -0.4 is 16.0 Å². The van der Waals surface area contributed by atoms with Gasteiger partial charge in [-0.2, -0.15) is 5.10 Å². The van der Waals surface area contributed by atoms with Gasteiger partial charge in [-0.15, -0.1) is 0 Å². The van der Waals surface area contributed by atoms with E-state index in [2.05, 4.69) is 38.1 Å². The number of anilines is 4. The molecular formula is C24H31N7OS. The fraction of sp³-hybridized carbons (Fsp3) is 0.417. The number of hydrogen-bond donors (Lipinski definition) is 4. The fourth-order valence-corrected chi connectivity index (χ4v) is 4.42. The summed E-state index contributed by atoms with van der Waals surface area (Å²) >= 11 is 1.48. The third kappa shape index (κ3) is 6.71. The summed E-state index contributed by atoms with van der Waals surface area (Å²) in [6, 6.07) is 11.6. The Morgan fingerprint density at radius 1 is 1.12 bits per heavy atom. The van der Waals surface area contributed by atoms with Gasteiger partial charge in [0, 0.05) is 41.4 Å². The number of nitrogens with one attached hydrogen (secondary N) is 4. The second kappa shape index (κ2) is 10.7. The van der Waals surface area contributed by atoms with E-state index in [1.54, 1.807) is 0 Å². The molecule has 174 valence electrons. The van der Waals surface area contributed by atoms with E-state index in [0.717, 1.165) is 34.6 Å². The normalized spacial score (nSPS) is 14.0. The zero-order valence-corrected chi connectivity index (χ0v) is 20.1. The summed E-state index contributed by atoms with van der Waals surface area (Å²) in [4.78, 5) is 22.0. The molecule has 9 heteroatoms. The molecule has 1 saturated carbocycles. The minimum absolute atomic E-state index is 0.00147. The summed E-state index contributed by atoms with van der Waals surface area (Å²) in [5.74, 6) is 3.72. The standard InChI is InChI=1S/C24H31N7OS/c1-4-16(17-6-7-17)14-25-20-13-21(27-22-12-15(3)30-31-22)29-24(28-20)33-19-10-8-18(9-11-19)26-23(32)5-2/h8-13,16-17H,4-7,14H2,1-3H3,(H,26,32)(H3,25,27,28,29,30,31). The van der Waals surface area contributed by atoms with E-state index in [4.69, 9.17) is 4.98 Å². The lowest BCUT2D eigenvalue weighted by atomic mass is 10.0. The Bertz CT molecular complexity index is 1080. The van der Waals surface area contributed by atoms with Crippen LogP contribution in [0.3, 0.4) is 0 Å². The molecule has 0 spiro atoms. The molecule has 0 saturated heterocycles. The number of amides is 1. The maximum Gasteiger partial charge on any atom is 0.224 e. The number of carbonyl (C=O) groups excluding carboxylic acids is 1. The minimum atomic E-state index is -0.00147. The summed E-state index contributed by atoms with van der Waals surface area (Å²) < 4.78 is 0. The van der Waals surface area contributed by atoms with Crippen molar-refractivity contribution >= 4 is 40.8 Å². The lowest BCUT2D eigenvalue weighted by molar-refractivity contribution is -0.115. The minimum Gasteiger partial charge on any atom is -0.370 e. The van der Waals surface area contributed by atoms with E-state index in [1.165, 1.54) is 31.0 Å². The third-order valence-electron chi connectivity index (χ3n) is 5.69. The highest BCUT2D eigenvalue weighted by atomic mass is 32.2. The van der Waals surface area contributed by atoms with Crippen molar-refractivity contribution in [3.63, 3.8) is 0 Å². The summed E-state index contributed by atoms with van der Waals surface area (Å²) in [6.07, 6.45) is 4.30. The number of hydrogen-bond acceptors (Lipinski definition) is 7. The molecule has 0 radical (unpaired) electrons. The van der Waals surface area contributed by atoms with Crippen molar-refractivity contribution in [3.8, 4) is 0 Å². The number of aryl methyl sites for hydroxylation is 1. The number of benzene rings is 1. The topological polar surface area (TPSA) is 108 Å². The van der Waals surface area contributed by atoms with Gasteiger partial charge in [0.15, 0.2) is 11.0 Å². The molecule has 1 aliphatic rings. The second-order valence-electron chi connectivity index (χ2n) is 8.40. The van der Waals surface area contributed by atoms with E-state index >= 15 is 0 Å². The van der Waals surface area contributed by atoms with Gasteiger partial charge in [-0.25, -0.2) is 9.97 Å². The van der Waals surface area contributed by atoms with Gasteiger partial charge in [0.1, 0.15) is 11.6 Å². The molecule has 1 aromatic carbocycles. The predicted molar refractivity (Wildman–Crippen MR) is 133 cm³/mol. The van der Waals surface area contributed by atoms with Gasteiger partial charge in [-0.05, 0) is 67.6 Å². The van der Waals surface area contributed by atoms with E-state index < -0.39 is 0 Å². The number of carbonyl (C=O) groups is 1. The Morgan fingerprint density at radius 2 is 1.88 bits per heavy atom. The van der Waals surface area contributed by atoms with Gasteiger partial charge in [0.25, 0.3) is 0 Å². The maximum atomic E-state index is 11.6. The first-order chi connectivity index (χ1) is 16.0. The van der Waals surface area contributed by atoms with Crippen LogP contribution in [-0.4, -0.2) is 32.6 Å². The van der Waals surface area contributed by atoms with Crippen LogP contribution in [0.2, 0.25) is 0 Å². The fourth-order valence-electron chi connectivity index (χ4n) is 3.65. The lowest BCUT2D eigenvalue weighted by Gasteiger charge is -2.16. The smallest absolute Gasteiger partial charge is 0.224 e. The van der Waals surface area contributed by atoms with Gasteiger partial charge < -0.3 is 16.0 Å². The van der Waals surface area contributed by atoms with Crippen LogP contribution >= 0.6 is 11.8 Å². The first-order valence-corrected chi connectivity index (χ1v) is 12.3. The highest BCUT2D eigenvalue weighted by molar-refractivity contribution is 7.99. The van der Waals surface area contributed by atoms with Crippen molar-refractivity contribution in [3.05, 3.63) is 42.1 Å². The summed E-state index contributed by atoms with van der Waals surface area (Å²) in [5, 5.41) is 17.5. The first-order valence-electron chi connectivity index (χ1n) is 11.5. The predicted octanol–water partition coefficient (Wildman–Crippen LogP) is 5.60. The van der Waals surface area contributed by atoms with E-state index in [1.807, 2.05) is 50.2 Å². The first kappa shape index (κ1) is 23.1. The number of aromatic nitrogens is 4. The highest BCUT2D eigenvalue weighted by Crippen LogP contribution is 2.38. The maximum absolute atomic E-state index is 11.6. The van der Waals surface area contributed by atoms with Gasteiger partial charge in [0.05, 0.1) is 0 Å². The number of H-pyrrole nitrogens is 1. The molecule has 1 atom stereocenters. The van der Waals surface area contributed by atoms with E-state index in [-0.39, 0.29) is 5.91 Å². The molecule has 1 amide bonds. The van der Waals surface area contributed by atoms with Crippen molar-refractivity contribution in [2.45, 2.75) is 56.5 Å².